The number of esters is 1. The minimum atomic E-state index is -1.22. The standard InChI is InChI=1S/C15H20O4/c1-14(2)10-19-12(15(14,3)17)13(16)18-9-11-7-5-4-6-8-11/h4-8,12,17H,9-10H2,1-3H3/t12-,15-/m1/s1. The van der Waals surface area contributed by atoms with Gasteiger partial charge in [0.2, 0.25) is 0 Å². The summed E-state index contributed by atoms with van der Waals surface area (Å²) in [5.41, 5.74) is -0.780. The molecule has 0 aliphatic carbocycles. The Morgan fingerprint density at radius 2 is 2.00 bits per heavy atom. The first-order valence-corrected chi connectivity index (χ1v) is 6.39. The highest BCUT2D eigenvalue weighted by Gasteiger charge is 2.56. The van der Waals surface area contributed by atoms with E-state index in [1.807, 2.05) is 44.2 Å². The molecule has 104 valence electrons. The summed E-state index contributed by atoms with van der Waals surface area (Å²) < 4.78 is 10.6. The molecule has 0 saturated carbocycles. The second-order valence-corrected chi connectivity index (χ2v) is 5.82. The van der Waals surface area contributed by atoms with Gasteiger partial charge in [-0.2, -0.15) is 0 Å². The molecular weight excluding hydrogens is 244 g/mol. The molecule has 1 aromatic rings. The zero-order valence-electron chi connectivity index (χ0n) is 11.6. The van der Waals surface area contributed by atoms with E-state index in [1.165, 1.54) is 0 Å². The Morgan fingerprint density at radius 1 is 1.37 bits per heavy atom. The Labute approximate surface area is 113 Å². The SMILES string of the molecule is CC1(C)CO[C@H](C(=O)OCc2ccccc2)[C@@]1(C)O. The van der Waals surface area contributed by atoms with Gasteiger partial charge in [-0.05, 0) is 12.5 Å². The summed E-state index contributed by atoms with van der Waals surface area (Å²) in [7, 11) is 0. The number of rotatable bonds is 3. The summed E-state index contributed by atoms with van der Waals surface area (Å²) in [6, 6.07) is 9.43. The third-order valence-electron chi connectivity index (χ3n) is 3.93. The lowest BCUT2D eigenvalue weighted by Gasteiger charge is -2.33. The van der Waals surface area contributed by atoms with E-state index in [1.54, 1.807) is 6.92 Å². The lowest BCUT2D eigenvalue weighted by atomic mass is 9.76. The molecule has 0 unspecified atom stereocenters. The van der Waals surface area contributed by atoms with Crippen molar-refractivity contribution in [1.29, 1.82) is 0 Å². The van der Waals surface area contributed by atoms with Crippen LogP contribution in [0.5, 0.6) is 0 Å². The van der Waals surface area contributed by atoms with Gasteiger partial charge in [-0.15, -0.1) is 0 Å². The molecule has 1 fully saturated rings. The molecule has 0 aromatic heterocycles. The van der Waals surface area contributed by atoms with Crippen LogP contribution in [0.25, 0.3) is 0 Å². The highest BCUT2D eigenvalue weighted by Crippen LogP contribution is 2.41. The van der Waals surface area contributed by atoms with Crippen molar-refractivity contribution < 1.29 is 19.4 Å². The summed E-state index contributed by atoms with van der Waals surface area (Å²) in [6.07, 6.45) is -0.925. The van der Waals surface area contributed by atoms with Gasteiger partial charge in [0.1, 0.15) is 12.2 Å². The van der Waals surface area contributed by atoms with Gasteiger partial charge in [0.05, 0.1) is 6.61 Å². The number of carbonyl (C=O) groups is 1. The van der Waals surface area contributed by atoms with Crippen LogP contribution in [-0.4, -0.2) is 29.4 Å². The molecule has 2 rings (SSSR count). The summed E-state index contributed by atoms with van der Waals surface area (Å²) in [6.45, 7) is 5.89. The van der Waals surface area contributed by atoms with E-state index in [4.69, 9.17) is 9.47 Å². The molecule has 2 atom stereocenters. The van der Waals surface area contributed by atoms with Gasteiger partial charge < -0.3 is 14.6 Å². The summed E-state index contributed by atoms with van der Waals surface area (Å²) >= 11 is 0. The molecule has 0 radical (unpaired) electrons. The molecular formula is C15H20O4. The van der Waals surface area contributed by atoms with Crippen molar-refractivity contribution in [2.45, 2.75) is 39.1 Å². The summed E-state index contributed by atoms with van der Waals surface area (Å²) in [4.78, 5) is 12.0. The Morgan fingerprint density at radius 3 is 2.53 bits per heavy atom. The van der Waals surface area contributed by atoms with Crippen molar-refractivity contribution in [3.8, 4) is 0 Å². The van der Waals surface area contributed by atoms with Crippen LogP contribution in [0.15, 0.2) is 30.3 Å². The van der Waals surface area contributed by atoms with Gasteiger partial charge in [-0.25, -0.2) is 4.79 Å². The molecule has 1 aromatic carbocycles. The van der Waals surface area contributed by atoms with Crippen LogP contribution in [0.3, 0.4) is 0 Å². The largest absolute Gasteiger partial charge is 0.459 e. The quantitative estimate of drug-likeness (QED) is 0.847. The molecule has 0 spiro atoms. The first-order chi connectivity index (χ1) is 8.84. The van der Waals surface area contributed by atoms with E-state index in [0.29, 0.717) is 6.61 Å². The fourth-order valence-electron chi connectivity index (χ4n) is 2.06. The van der Waals surface area contributed by atoms with Crippen LogP contribution in [0.1, 0.15) is 26.3 Å². The molecule has 1 heterocycles. The average Bonchev–Trinajstić information content (AvgIpc) is 2.58. The highest BCUT2D eigenvalue weighted by molar-refractivity contribution is 5.77. The zero-order valence-corrected chi connectivity index (χ0v) is 11.6. The van der Waals surface area contributed by atoms with Gasteiger partial charge in [-0.1, -0.05) is 44.2 Å². The van der Waals surface area contributed by atoms with Crippen LogP contribution in [0, 0.1) is 5.41 Å². The van der Waals surface area contributed by atoms with Crippen LogP contribution in [0.4, 0.5) is 0 Å². The Kier molecular flexibility index (Phi) is 3.65. The maximum Gasteiger partial charge on any atom is 0.338 e. The van der Waals surface area contributed by atoms with E-state index in [-0.39, 0.29) is 6.61 Å². The zero-order chi connectivity index (χ0) is 14.1. The predicted molar refractivity (Wildman–Crippen MR) is 70.4 cm³/mol. The monoisotopic (exact) mass is 264 g/mol. The van der Waals surface area contributed by atoms with Crippen LogP contribution in [0.2, 0.25) is 0 Å². The first-order valence-electron chi connectivity index (χ1n) is 6.39. The minimum absolute atomic E-state index is 0.191. The fraction of sp³-hybridized carbons (Fsp3) is 0.533. The van der Waals surface area contributed by atoms with Crippen molar-refractivity contribution >= 4 is 5.97 Å². The van der Waals surface area contributed by atoms with Crippen molar-refractivity contribution in [3.05, 3.63) is 35.9 Å². The van der Waals surface area contributed by atoms with E-state index in [2.05, 4.69) is 0 Å². The number of carbonyl (C=O) groups excluding carboxylic acids is 1. The smallest absolute Gasteiger partial charge is 0.338 e. The third-order valence-corrected chi connectivity index (χ3v) is 3.93. The molecule has 4 heteroatoms. The predicted octanol–water partition coefficient (Wildman–Crippen LogP) is 1.91. The van der Waals surface area contributed by atoms with Gasteiger partial charge in [0.15, 0.2) is 6.10 Å². The van der Waals surface area contributed by atoms with E-state index < -0.39 is 23.1 Å². The lowest BCUT2D eigenvalue weighted by Crippen LogP contribution is -2.49. The number of hydrogen-bond donors (Lipinski definition) is 1. The fourth-order valence-corrected chi connectivity index (χ4v) is 2.06. The van der Waals surface area contributed by atoms with Crippen LogP contribution >= 0.6 is 0 Å². The molecule has 1 N–H and O–H groups in total. The maximum absolute atomic E-state index is 12.0. The normalized spacial score (nSPS) is 29.2. The van der Waals surface area contributed by atoms with Crippen LogP contribution in [-0.2, 0) is 20.9 Å². The van der Waals surface area contributed by atoms with Crippen molar-refractivity contribution in [3.63, 3.8) is 0 Å². The van der Waals surface area contributed by atoms with Crippen LogP contribution < -0.4 is 0 Å². The van der Waals surface area contributed by atoms with Crippen molar-refractivity contribution in [2.24, 2.45) is 5.41 Å². The van der Waals surface area contributed by atoms with Gasteiger partial charge in [0.25, 0.3) is 0 Å². The molecule has 0 bridgehead atoms. The molecule has 19 heavy (non-hydrogen) atoms. The summed E-state index contributed by atoms with van der Waals surface area (Å²) in [5, 5.41) is 10.4. The van der Waals surface area contributed by atoms with Gasteiger partial charge >= 0.3 is 5.97 Å². The lowest BCUT2D eigenvalue weighted by molar-refractivity contribution is -0.166. The minimum Gasteiger partial charge on any atom is -0.459 e. The van der Waals surface area contributed by atoms with E-state index in [0.717, 1.165) is 5.56 Å². The van der Waals surface area contributed by atoms with E-state index in [9.17, 15) is 9.90 Å². The number of benzene rings is 1. The number of hydrogen-bond acceptors (Lipinski definition) is 4. The molecule has 1 aliphatic heterocycles. The molecule has 0 amide bonds. The second kappa shape index (κ2) is 4.94. The van der Waals surface area contributed by atoms with Gasteiger partial charge in [0, 0.05) is 5.41 Å². The van der Waals surface area contributed by atoms with Crippen molar-refractivity contribution in [1.82, 2.24) is 0 Å². The highest BCUT2D eigenvalue weighted by atomic mass is 16.6. The third kappa shape index (κ3) is 2.65. The number of aliphatic hydroxyl groups is 1. The Balaban J connectivity index is 1.98. The Bertz CT molecular complexity index is 450. The van der Waals surface area contributed by atoms with Gasteiger partial charge in [-0.3, -0.25) is 0 Å². The number of ether oxygens (including phenoxy) is 2. The summed E-state index contributed by atoms with van der Waals surface area (Å²) in [5.74, 6) is -0.514. The molecule has 1 saturated heterocycles. The molecule has 4 nitrogen and oxygen atoms in total. The molecule has 1 aliphatic rings. The second-order valence-electron chi connectivity index (χ2n) is 5.82. The average molecular weight is 264 g/mol. The van der Waals surface area contributed by atoms with E-state index >= 15 is 0 Å². The Hall–Kier alpha value is -1.39. The topological polar surface area (TPSA) is 55.8 Å². The maximum atomic E-state index is 12.0. The van der Waals surface area contributed by atoms with Crippen molar-refractivity contribution in [2.75, 3.05) is 6.61 Å². The first kappa shape index (κ1) is 14.0.